The van der Waals surface area contributed by atoms with Gasteiger partial charge in [-0.1, -0.05) is 24.3 Å². The fourth-order valence-corrected chi connectivity index (χ4v) is 4.49. The molecule has 0 spiro atoms. The van der Waals surface area contributed by atoms with E-state index in [2.05, 4.69) is 9.97 Å². The van der Waals surface area contributed by atoms with E-state index >= 15 is 0 Å². The number of aromatic hydroxyl groups is 1. The van der Waals surface area contributed by atoms with E-state index in [0.717, 1.165) is 5.56 Å². The summed E-state index contributed by atoms with van der Waals surface area (Å²) in [7, 11) is 2.98. The van der Waals surface area contributed by atoms with Crippen LogP contribution < -0.4 is 18.2 Å². The van der Waals surface area contributed by atoms with Gasteiger partial charge in [0.15, 0.2) is 11.6 Å². The molecule has 8 nitrogen and oxygen atoms in total. The van der Waals surface area contributed by atoms with E-state index in [4.69, 9.17) is 9.47 Å². The molecule has 0 bridgehead atoms. The van der Waals surface area contributed by atoms with Crippen LogP contribution in [0, 0.1) is 11.8 Å². The molecule has 2 atom stereocenters. The molecule has 35 heavy (non-hydrogen) atoms. The van der Waals surface area contributed by atoms with Crippen LogP contribution in [0.15, 0.2) is 71.6 Å². The van der Waals surface area contributed by atoms with Crippen molar-refractivity contribution in [3.05, 3.63) is 88.2 Å². The van der Waals surface area contributed by atoms with Crippen molar-refractivity contribution in [2.45, 2.75) is 0 Å². The van der Waals surface area contributed by atoms with Gasteiger partial charge in [0, 0.05) is 0 Å². The molecule has 0 aliphatic heterocycles. The summed E-state index contributed by atoms with van der Waals surface area (Å²) >= 11 is 0.482. The minimum atomic E-state index is -0.444. The van der Waals surface area contributed by atoms with E-state index in [1.807, 2.05) is 30.3 Å². The number of allylic oxidation sites excluding steroid dienone is 4. The summed E-state index contributed by atoms with van der Waals surface area (Å²) in [6.45, 7) is 0. The molecule has 175 valence electrons. The minimum absolute atomic E-state index is 0.0963. The molecule has 1 aromatic heterocycles. The second kappa shape index (κ2) is 10.4. The number of hydrogen-bond donors (Lipinski definition) is 2. The molecule has 3 radical (unpaired) electrons. The predicted molar refractivity (Wildman–Crippen MR) is 131 cm³/mol. The molecule has 5 rings (SSSR count). The quantitative estimate of drug-likeness (QED) is 0.413. The van der Waals surface area contributed by atoms with Crippen molar-refractivity contribution in [3.63, 3.8) is 0 Å². The van der Waals surface area contributed by atoms with E-state index in [1.54, 1.807) is 36.4 Å². The van der Waals surface area contributed by atoms with Crippen LogP contribution >= 0.6 is 0 Å². The Morgan fingerprint density at radius 1 is 0.857 bits per heavy atom. The number of ether oxygens (including phenoxy) is 2. The number of hydrogen-bond acceptors (Lipinski definition) is 7. The summed E-state index contributed by atoms with van der Waals surface area (Å²) in [4.78, 5) is 43.3. The standard InChI is InChI=1S/C16H14O4.C10H7N2O2.Pb/c1-19-11-7-8-12(20-2)14-13(11)15(17)9-5-3-4-6-10(9)16(14)18;13-8-6-9(14)12-10(11-8)7-4-2-1-3-5-7;/h3-10H,1-2H3;1-5H,(H2,11,12,13,14);. The first kappa shape index (κ1) is 24.6. The number of rotatable bonds is 3. The van der Waals surface area contributed by atoms with Crippen LogP contribution in [0.25, 0.3) is 11.4 Å². The summed E-state index contributed by atoms with van der Waals surface area (Å²) < 4.78 is 10.8. The number of Topliss-reactive ketones (excluding diaryl/α,β-unsaturated/α-hetero) is 2. The molecule has 2 aromatic carbocycles. The average Bonchev–Trinajstić information content (AvgIpc) is 2.90. The molecule has 3 aromatic rings. The van der Waals surface area contributed by atoms with Gasteiger partial charge in [-0.2, -0.15) is 0 Å². The van der Waals surface area contributed by atoms with Gasteiger partial charge < -0.3 is 9.47 Å². The van der Waals surface area contributed by atoms with Gasteiger partial charge in [0.25, 0.3) is 0 Å². The first-order valence-corrected chi connectivity index (χ1v) is 12.6. The van der Waals surface area contributed by atoms with Crippen molar-refractivity contribution in [2.24, 2.45) is 11.8 Å². The molecule has 0 saturated carbocycles. The fraction of sp³-hybridized carbons (Fsp3) is 0.154. The number of aromatic amines is 1. The van der Waals surface area contributed by atoms with E-state index in [-0.39, 0.29) is 23.0 Å². The third kappa shape index (κ3) is 4.70. The molecule has 0 fully saturated rings. The van der Waals surface area contributed by atoms with Gasteiger partial charge >= 0.3 is 102 Å². The SMILES string of the molecule is COc1ccc(OC)c2c1C(=O)C1C=CC=CC1C2=O.O=c1[nH]c(-c2ccccc2)nc(O)[c]1[Pb]. The fourth-order valence-electron chi connectivity index (χ4n) is 4.03. The van der Waals surface area contributed by atoms with Crippen molar-refractivity contribution in [1.82, 2.24) is 9.97 Å². The Bertz CT molecular complexity index is 1350. The van der Waals surface area contributed by atoms with Gasteiger partial charge in [0.1, 0.15) is 11.5 Å². The first-order valence-electron chi connectivity index (χ1n) is 10.7. The van der Waals surface area contributed by atoms with Crippen molar-refractivity contribution in [2.75, 3.05) is 14.2 Å². The van der Waals surface area contributed by atoms with Gasteiger partial charge in [-0.05, 0) is 12.1 Å². The summed E-state index contributed by atoms with van der Waals surface area (Å²) in [6, 6.07) is 12.5. The van der Waals surface area contributed by atoms with Crippen LogP contribution in [-0.2, 0) is 0 Å². The Balaban J connectivity index is 0.000000172. The Labute approximate surface area is 217 Å². The molecule has 2 aliphatic carbocycles. The van der Waals surface area contributed by atoms with E-state index in [0.29, 0.717) is 57.3 Å². The van der Waals surface area contributed by atoms with E-state index in [9.17, 15) is 19.5 Å². The Morgan fingerprint density at radius 2 is 1.37 bits per heavy atom. The zero-order valence-electron chi connectivity index (χ0n) is 18.9. The number of nitrogens with one attached hydrogen (secondary N) is 1. The molecule has 2 unspecified atom stereocenters. The Morgan fingerprint density at radius 3 is 1.83 bits per heavy atom. The molecular weight excluding hydrogens is 643 g/mol. The zero-order chi connectivity index (χ0) is 25.1. The van der Waals surface area contributed by atoms with E-state index < -0.39 is 11.8 Å². The van der Waals surface area contributed by atoms with Crippen molar-refractivity contribution < 1.29 is 24.2 Å². The third-order valence-corrected chi connectivity index (χ3v) is 7.50. The summed E-state index contributed by atoms with van der Waals surface area (Å²) in [6.07, 6.45) is 7.13. The first-order chi connectivity index (χ1) is 16.9. The molecule has 9 heteroatoms. The van der Waals surface area contributed by atoms with Gasteiger partial charge in [-0.15, -0.1) is 0 Å². The summed E-state index contributed by atoms with van der Waals surface area (Å²) in [5.41, 5.74) is 1.19. The molecule has 0 saturated heterocycles. The van der Waals surface area contributed by atoms with Crippen LogP contribution in [0.1, 0.15) is 20.7 Å². The van der Waals surface area contributed by atoms with Crippen molar-refractivity contribution >= 4 is 40.5 Å². The third-order valence-electron chi connectivity index (χ3n) is 5.75. The molecule has 2 aliphatic rings. The van der Waals surface area contributed by atoms with E-state index in [1.165, 1.54) is 14.2 Å². The molecule has 0 amide bonds. The Kier molecular flexibility index (Phi) is 7.29. The van der Waals surface area contributed by atoms with Crippen LogP contribution in [-0.4, -0.2) is 66.6 Å². The second-order valence-corrected chi connectivity index (χ2v) is 9.69. The molecular formula is C26H21N2O6Pb. The number of carbonyl (C=O) groups is 2. The second-order valence-electron chi connectivity index (χ2n) is 7.75. The van der Waals surface area contributed by atoms with Crippen LogP contribution in [0.4, 0.5) is 0 Å². The molecule has 2 N–H and O–H groups in total. The Hall–Kier alpha value is -3.54. The summed E-state index contributed by atoms with van der Waals surface area (Å²) in [5.74, 6) is -0.00742. The number of fused-ring (bicyclic) bond motifs is 2. The van der Waals surface area contributed by atoms with Gasteiger partial charge in [0.2, 0.25) is 0 Å². The predicted octanol–water partition coefficient (Wildman–Crippen LogP) is 2.38. The number of methoxy groups -OCH3 is 2. The maximum atomic E-state index is 12.7. The number of benzene rings is 2. The van der Waals surface area contributed by atoms with Crippen LogP contribution in [0.3, 0.4) is 0 Å². The maximum absolute atomic E-state index is 12.7. The zero-order valence-corrected chi connectivity index (χ0v) is 22.8. The van der Waals surface area contributed by atoms with Gasteiger partial charge in [-0.25, -0.2) is 0 Å². The molecule has 1 heterocycles. The topological polar surface area (TPSA) is 119 Å². The van der Waals surface area contributed by atoms with Gasteiger partial charge in [-0.3, -0.25) is 9.59 Å². The monoisotopic (exact) mass is 665 g/mol. The van der Waals surface area contributed by atoms with Gasteiger partial charge in [0.05, 0.1) is 37.2 Å². The number of H-pyrrole nitrogens is 1. The number of carbonyl (C=O) groups excluding carboxylic acids is 2. The van der Waals surface area contributed by atoms with Crippen LogP contribution in [0.5, 0.6) is 17.4 Å². The number of nitrogens with zero attached hydrogens (tertiary/aromatic N) is 1. The number of aromatic nitrogens is 2. The average molecular weight is 665 g/mol. The van der Waals surface area contributed by atoms with Crippen molar-refractivity contribution in [3.8, 4) is 28.8 Å². The van der Waals surface area contributed by atoms with Crippen molar-refractivity contribution in [1.29, 1.82) is 0 Å². The number of ketones is 2. The van der Waals surface area contributed by atoms with Crippen LogP contribution in [0.2, 0.25) is 0 Å². The normalized spacial score (nSPS) is 17.7. The summed E-state index contributed by atoms with van der Waals surface area (Å²) in [5, 5.41) is 9.45.